The van der Waals surface area contributed by atoms with Crippen molar-refractivity contribution >= 4 is 10.9 Å². The van der Waals surface area contributed by atoms with Gasteiger partial charge in [-0.3, -0.25) is 0 Å². The van der Waals surface area contributed by atoms with E-state index in [1.165, 1.54) is 5.56 Å². The van der Waals surface area contributed by atoms with E-state index in [1.54, 1.807) is 0 Å². The van der Waals surface area contributed by atoms with Crippen molar-refractivity contribution in [3.63, 3.8) is 0 Å². The van der Waals surface area contributed by atoms with Crippen molar-refractivity contribution in [2.45, 2.75) is 33.6 Å². The molecule has 2 aromatic heterocycles. The maximum Gasteiger partial charge on any atom is 0.229 e. The monoisotopic (exact) mass is 297 g/mol. The smallest absolute Gasteiger partial charge is 0.229 e. The van der Waals surface area contributed by atoms with E-state index >= 15 is 0 Å². The molecular weight excluding hydrogens is 278 g/mol. The van der Waals surface area contributed by atoms with Crippen LogP contribution in [0.3, 0.4) is 0 Å². The molecule has 0 bridgehead atoms. The summed E-state index contributed by atoms with van der Waals surface area (Å²) in [5, 5.41) is 5.11. The van der Waals surface area contributed by atoms with Crippen LogP contribution >= 0.6 is 0 Å². The van der Waals surface area contributed by atoms with Crippen molar-refractivity contribution < 1.29 is 9.26 Å². The predicted molar refractivity (Wildman–Crippen MR) is 85.0 cm³/mol. The molecule has 1 aromatic carbocycles. The van der Waals surface area contributed by atoms with E-state index in [2.05, 4.69) is 28.1 Å². The number of benzene rings is 1. The Labute approximate surface area is 129 Å². The maximum absolute atomic E-state index is 5.67. The number of hydrogen-bond acceptors (Lipinski definition) is 5. The summed E-state index contributed by atoms with van der Waals surface area (Å²) in [6.45, 7) is 8.55. The Hall–Kier alpha value is -2.43. The molecule has 5 nitrogen and oxygen atoms in total. The van der Waals surface area contributed by atoms with E-state index in [4.69, 9.17) is 9.26 Å². The number of aromatic nitrogens is 3. The molecule has 3 rings (SSSR count). The third-order valence-electron chi connectivity index (χ3n) is 3.39. The molecular formula is C17H19N3O2. The van der Waals surface area contributed by atoms with Gasteiger partial charge in [-0.1, -0.05) is 30.6 Å². The van der Waals surface area contributed by atoms with E-state index in [-0.39, 0.29) is 5.92 Å². The van der Waals surface area contributed by atoms with Crippen LogP contribution in [0.1, 0.15) is 38.1 Å². The Morgan fingerprint density at radius 2 is 2.00 bits per heavy atom. The van der Waals surface area contributed by atoms with Crippen molar-refractivity contribution in [3.05, 3.63) is 35.7 Å². The molecule has 0 fully saturated rings. The Bertz CT molecular complexity index is 809. The summed E-state index contributed by atoms with van der Waals surface area (Å²) in [6, 6.07) is 8.13. The van der Waals surface area contributed by atoms with Gasteiger partial charge >= 0.3 is 0 Å². The number of aryl methyl sites for hydroxylation is 1. The lowest BCUT2D eigenvalue weighted by Gasteiger charge is -2.08. The van der Waals surface area contributed by atoms with Crippen LogP contribution in [0.4, 0.5) is 0 Å². The summed E-state index contributed by atoms with van der Waals surface area (Å²) in [6.07, 6.45) is 0. The van der Waals surface area contributed by atoms with Gasteiger partial charge in [-0.05, 0) is 32.0 Å². The van der Waals surface area contributed by atoms with Crippen molar-refractivity contribution in [1.29, 1.82) is 0 Å². The fourth-order valence-electron chi connectivity index (χ4n) is 2.26. The van der Waals surface area contributed by atoms with Gasteiger partial charge in [0.15, 0.2) is 0 Å². The van der Waals surface area contributed by atoms with E-state index < -0.39 is 0 Å². The zero-order chi connectivity index (χ0) is 15.7. The van der Waals surface area contributed by atoms with Gasteiger partial charge in [-0.15, -0.1) is 0 Å². The molecule has 0 N–H and O–H groups in total. The van der Waals surface area contributed by atoms with Gasteiger partial charge in [0.2, 0.25) is 17.6 Å². The van der Waals surface area contributed by atoms with Crippen LogP contribution in [0.5, 0.6) is 5.88 Å². The average Bonchev–Trinajstić information content (AvgIpc) is 2.97. The normalized spacial score (nSPS) is 11.3. The highest BCUT2D eigenvalue weighted by Gasteiger charge is 2.17. The molecule has 0 unspecified atom stereocenters. The first kappa shape index (κ1) is 14.5. The Balaban J connectivity index is 2.17. The molecule has 0 amide bonds. The summed E-state index contributed by atoms with van der Waals surface area (Å²) >= 11 is 0. The van der Waals surface area contributed by atoms with E-state index in [1.807, 2.05) is 39.0 Å². The molecule has 0 aliphatic rings. The van der Waals surface area contributed by atoms with Gasteiger partial charge in [-0.2, -0.15) is 4.98 Å². The second-order valence-electron chi connectivity index (χ2n) is 5.58. The number of ether oxygens (including phenoxy) is 1. The number of pyridine rings is 1. The van der Waals surface area contributed by atoms with Gasteiger partial charge in [-0.25, -0.2) is 4.98 Å². The second-order valence-corrected chi connectivity index (χ2v) is 5.58. The largest absolute Gasteiger partial charge is 0.477 e. The zero-order valence-electron chi connectivity index (χ0n) is 13.3. The minimum atomic E-state index is 0.187. The number of rotatable bonds is 4. The summed E-state index contributed by atoms with van der Waals surface area (Å²) in [5.74, 6) is 1.85. The highest BCUT2D eigenvalue weighted by Crippen LogP contribution is 2.31. The number of fused-ring (bicyclic) bond motifs is 1. The van der Waals surface area contributed by atoms with Crippen molar-refractivity contribution in [2.75, 3.05) is 6.61 Å². The van der Waals surface area contributed by atoms with Crippen LogP contribution in [0.2, 0.25) is 0 Å². The van der Waals surface area contributed by atoms with Crippen LogP contribution in [0.25, 0.3) is 22.3 Å². The summed E-state index contributed by atoms with van der Waals surface area (Å²) in [4.78, 5) is 9.05. The number of nitrogens with zero attached hydrogens (tertiary/aromatic N) is 3. The quantitative estimate of drug-likeness (QED) is 0.725. The highest BCUT2D eigenvalue weighted by atomic mass is 16.5. The molecule has 0 saturated heterocycles. The van der Waals surface area contributed by atoms with E-state index in [9.17, 15) is 0 Å². The molecule has 22 heavy (non-hydrogen) atoms. The lowest BCUT2D eigenvalue weighted by atomic mass is 10.1. The van der Waals surface area contributed by atoms with Crippen LogP contribution in [0.15, 0.2) is 28.8 Å². The molecule has 3 aromatic rings. The second kappa shape index (κ2) is 5.75. The van der Waals surface area contributed by atoms with Crippen molar-refractivity contribution in [3.8, 4) is 17.3 Å². The lowest BCUT2D eigenvalue weighted by Crippen LogP contribution is -1.99. The van der Waals surface area contributed by atoms with Crippen LogP contribution < -0.4 is 4.74 Å². The van der Waals surface area contributed by atoms with Gasteiger partial charge < -0.3 is 9.26 Å². The van der Waals surface area contributed by atoms with Gasteiger partial charge in [0.1, 0.15) is 0 Å². The summed E-state index contributed by atoms with van der Waals surface area (Å²) < 4.78 is 11.0. The lowest BCUT2D eigenvalue weighted by molar-refractivity contribution is 0.329. The molecule has 114 valence electrons. The molecule has 0 radical (unpaired) electrons. The molecule has 5 heteroatoms. The topological polar surface area (TPSA) is 61.0 Å². The average molecular weight is 297 g/mol. The minimum Gasteiger partial charge on any atom is -0.477 e. The molecule has 0 spiro atoms. The SMILES string of the molecule is CCOc1nc2ccc(C)cc2cc1-c1noc(C(C)C)n1. The molecule has 0 aliphatic heterocycles. The third kappa shape index (κ3) is 2.66. The van der Waals surface area contributed by atoms with Crippen molar-refractivity contribution in [2.24, 2.45) is 0 Å². The standard InChI is InChI=1S/C17H19N3O2/c1-5-21-17-13(15-19-16(10(2)3)22-20-15)9-12-8-11(4)6-7-14(12)18-17/h6-10H,5H2,1-4H3. The molecule has 0 saturated carbocycles. The van der Waals surface area contributed by atoms with Crippen LogP contribution in [0, 0.1) is 6.92 Å². The van der Waals surface area contributed by atoms with Crippen LogP contribution in [-0.2, 0) is 0 Å². The molecule has 0 atom stereocenters. The Morgan fingerprint density at radius 1 is 1.18 bits per heavy atom. The van der Waals surface area contributed by atoms with E-state index in [0.29, 0.717) is 24.2 Å². The third-order valence-corrected chi connectivity index (χ3v) is 3.39. The first-order valence-electron chi connectivity index (χ1n) is 7.46. The maximum atomic E-state index is 5.67. The van der Waals surface area contributed by atoms with Crippen molar-refractivity contribution in [1.82, 2.24) is 15.1 Å². The summed E-state index contributed by atoms with van der Waals surface area (Å²) in [7, 11) is 0. The highest BCUT2D eigenvalue weighted by molar-refractivity contribution is 5.85. The molecule has 0 aliphatic carbocycles. The zero-order valence-corrected chi connectivity index (χ0v) is 13.3. The van der Waals surface area contributed by atoms with Gasteiger partial charge in [0.05, 0.1) is 17.7 Å². The van der Waals surface area contributed by atoms with Gasteiger partial charge in [0.25, 0.3) is 0 Å². The van der Waals surface area contributed by atoms with Gasteiger partial charge in [0, 0.05) is 11.3 Å². The number of hydrogen-bond donors (Lipinski definition) is 0. The Kier molecular flexibility index (Phi) is 3.79. The predicted octanol–water partition coefficient (Wildman–Crippen LogP) is 4.12. The first-order valence-corrected chi connectivity index (χ1v) is 7.46. The fourth-order valence-corrected chi connectivity index (χ4v) is 2.26. The Morgan fingerprint density at radius 3 is 2.68 bits per heavy atom. The first-order chi connectivity index (χ1) is 10.6. The minimum absolute atomic E-state index is 0.187. The van der Waals surface area contributed by atoms with E-state index in [0.717, 1.165) is 16.5 Å². The fraction of sp³-hybridized carbons (Fsp3) is 0.353. The summed E-state index contributed by atoms with van der Waals surface area (Å²) in [5.41, 5.74) is 2.83. The molecule has 2 heterocycles. The van der Waals surface area contributed by atoms with Crippen LogP contribution in [-0.4, -0.2) is 21.7 Å².